The quantitative estimate of drug-likeness (QED) is 0.939. The van der Waals surface area contributed by atoms with Crippen molar-refractivity contribution >= 4 is 0 Å². The number of halogens is 3. The summed E-state index contributed by atoms with van der Waals surface area (Å²) >= 11 is 0. The summed E-state index contributed by atoms with van der Waals surface area (Å²) in [4.78, 5) is 4.04. The maximum Gasteiger partial charge on any atom is 0.573 e. The van der Waals surface area contributed by atoms with Crippen molar-refractivity contribution in [3.63, 3.8) is 0 Å². The highest BCUT2D eigenvalue weighted by Gasteiger charge is 2.30. The first-order valence-electron chi connectivity index (χ1n) is 6.36. The van der Waals surface area contributed by atoms with Gasteiger partial charge in [-0.3, -0.25) is 4.98 Å². The average molecular weight is 296 g/mol. The topological polar surface area (TPSA) is 48.1 Å². The van der Waals surface area contributed by atoms with E-state index >= 15 is 0 Å². The second kappa shape index (κ2) is 6.13. The third-order valence-electron chi connectivity index (χ3n) is 3.09. The minimum atomic E-state index is -4.68. The van der Waals surface area contributed by atoms with E-state index in [-0.39, 0.29) is 11.8 Å². The maximum absolute atomic E-state index is 12.1. The number of nitrogens with two attached hydrogens (primary N) is 1. The Balaban J connectivity index is 2.05. The zero-order chi connectivity index (χ0) is 15.5. The van der Waals surface area contributed by atoms with Crippen LogP contribution in [0.1, 0.15) is 22.7 Å². The summed E-state index contributed by atoms with van der Waals surface area (Å²) in [5.74, 6) is -0.239. The van der Waals surface area contributed by atoms with Gasteiger partial charge in [0.25, 0.3) is 0 Å². The molecule has 0 fully saturated rings. The molecular formula is C15H15F3N2O. The summed E-state index contributed by atoms with van der Waals surface area (Å²) < 4.78 is 40.0. The Morgan fingerprint density at radius 3 is 2.43 bits per heavy atom. The molecule has 2 aromatic rings. The molecule has 3 nitrogen and oxygen atoms in total. The normalized spacial score (nSPS) is 13.0. The van der Waals surface area contributed by atoms with Crippen LogP contribution < -0.4 is 10.5 Å². The molecule has 0 aliphatic carbocycles. The van der Waals surface area contributed by atoms with Crippen LogP contribution in [0.4, 0.5) is 13.2 Å². The molecule has 21 heavy (non-hydrogen) atoms. The zero-order valence-electron chi connectivity index (χ0n) is 11.4. The number of pyridine rings is 1. The van der Waals surface area contributed by atoms with E-state index in [9.17, 15) is 13.2 Å². The van der Waals surface area contributed by atoms with Crippen LogP contribution in [-0.4, -0.2) is 11.3 Å². The highest BCUT2D eigenvalue weighted by atomic mass is 19.4. The fourth-order valence-electron chi connectivity index (χ4n) is 2.06. The van der Waals surface area contributed by atoms with Gasteiger partial charge in [0.05, 0.1) is 0 Å². The molecule has 1 heterocycles. The second-order valence-electron chi connectivity index (χ2n) is 4.73. The van der Waals surface area contributed by atoms with Crippen LogP contribution in [0.5, 0.6) is 5.75 Å². The van der Waals surface area contributed by atoms with E-state index in [0.29, 0.717) is 6.42 Å². The van der Waals surface area contributed by atoms with Gasteiger partial charge >= 0.3 is 6.36 Å². The van der Waals surface area contributed by atoms with Gasteiger partial charge in [-0.15, -0.1) is 13.2 Å². The first-order chi connectivity index (χ1) is 9.85. The first kappa shape index (κ1) is 15.3. The number of benzene rings is 1. The Morgan fingerprint density at radius 2 is 1.86 bits per heavy atom. The molecule has 0 amide bonds. The molecule has 0 bridgehead atoms. The van der Waals surface area contributed by atoms with Crippen molar-refractivity contribution in [1.82, 2.24) is 4.98 Å². The summed E-state index contributed by atoms with van der Waals surface area (Å²) in [6.45, 7) is 1.94. The summed E-state index contributed by atoms with van der Waals surface area (Å²) in [5, 5.41) is 0. The van der Waals surface area contributed by atoms with Crippen LogP contribution >= 0.6 is 0 Å². The maximum atomic E-state index is 12.1. The van der Waals surface area contributed by atoms with Crippen molar-refractivity contribution in [3.8, 4) is 5.75 Å². The van der Waals surface area contributed by atoms with Gasteiger partial charge in [-0.25, -0.2) is 0 Å². The molecule has 1 unspecified atom stereocenters. The average Bonchev–Trinajstić information content (AvgIpc) is 2.40. The summed E-state index contributed by atoms with van der Waals surface area (Å²) in [6, 6.07) is 7.33. The van der Waals surface area contributed by atoms with Gasteiger partial charge < -0.3 is 10.5 Å². The van der Waals surface area contributed by atoms with Crippen LogP contribution in [0.15, 0.2) is 42.7 Å². The van der Waals surface area contributed by atoms with Crippen molar-refractivity contribution in [2.24, 2.45) is 5.73 Å². The summed E-state index contributed by atoms with van der Waals surface area (Å²) in [7, 11) is 0. The zero-order valence-corrected chi connectivity index (χ0v) is 11.4. The molecule has 0 saturated heterocycles. The van der Waals surface area contributed by atoms with E-state index in [1.54, 1.807) is 24.5 Å². The van der Waals surface area contributed by atoms with Crippen molar-refractivity contribution in [3.05, 3.63) is 59.4 Å². The Kier molecular flexibility index (Phi) is 4.47. The molecule has 1 aromatic carbocycles. The fourth-order valence-corrected chi connectivity index (χ4v) is 2.06. The molecule has 1 atom stereocenters. The third-order valence-corrected chi connectivity index (χ3v) is 3.09. The number of alkyl halides is 3. The molecule has 1 aromatic heterocycles. The lowest BCUT2D eigenvalue weighted by molar-refractivity contribution is -0.274. The van der Waals surface area contributed by atoms with E-state index in [0.717, 1.165) is 16.7 Å². The van der Waals surface area contributed by atoms with Gasteiger partial charge in [0, 0.05) is 18.4 Å². The summed E-state index contributed by atoms with van der Waals surface area (Å²) in [5.41, 5.74) is 8.91. The summed E-state index contributed by atoms with van der Waals surface area (Å²) in [6.07, 6.45) is -0.764. The molecular weight excluding hydrogens is 281 g/mol. The number of aromatic nitrogens is 1. The fraction of sp³-hybridized carbons (Fsp3) is 0.267. The molecule has 0 radical (unpaired) electrons. The van der Waals surface area contributed by atoms with Crippen molar-refractivity contribution in [1.29, 1.82) is 0 Å². The molecule has 2 N–H and O–H groups in total. The van der Waals surface area contributed by atoms with Crippen LogP contribution in [0.25, 0.3) is 0 Å². The smallest absolute Gasteiger partial charge is 0.406 e. The van der Waals surface area contributed by atoms with Gasteiger partial charge in [-0.2, -0.15) is 0 Å². The van der Waals surface area contributed by atoms with Gasteiger partial charge in [0.1, 0.15) is 5.75 Å². The van der Waals surface area contributed by atoms with E-state index in [1.807, 2.05) is 13.0 Å². The molecule has 6 heteroatoms. The molecule has 2 rings (SSSR count). The molecule has 0 spiro atoms. The molecule has 0 aliphatic heterocycles. The van der Waals surface area contributed by atoms with E-state index < -0.39 is 6.36 Å². The Bertz CT molecular complexity index is 597. The lowest BCUT2D eigenvalue weighted by atomic mass is 9.98. The second-order valence-corrected chi connectivity index (χ2v) is 4.73. The van der Waals surface area contributed by atoms with Gasteiger partial charge in [-0.1, -0.05) is 12.1 Å². The number of nitrogens with zero attached hydrogens (tertiary/aromatic N) is 1. The van der Waals surface area contributed by atoms with E-state index in [1.165, 1.54) is 12.1 Å². The Morgan fingerprint density at radius 1 is 1.19 bits per heavy atom. The van der Waals surface area contributed by atoms with Gasteiger partial charge in [-0.05, 0) is 48.2 Å². The molecule has 0 saturated carbocycles. The van der Waals surface area contributed by atoms with E-state index in [2.05, 4.69) is 9.72 Å². The lowest BCUT2D eigenvalue weighted by Crippen LogP contribution is -2.17. The van der Waals surface area contributed by atoms with Crippen LogP contribution in [0.3, 0.4) is 0 Å². The monoisotopic (exact) mass is 296 g/mol. The third kappa shape index (κ3) is 4.46. The van der Waals surface area contributed by atoms with Crippen LogP contribution in [-0.2, 0) is 6.42 Å². The first-order valence-corrected chi connectivity index (χ1v) is 6.36. The Labute approximate surface area is 120 Å². The van der Waals surface area contributed by atoms with Gasteiger partial charge in [0.15, 0.2) is 0 Å². The standard InChI is InChI=1S/C15H15F3N2O/c1-10-6-7-20-9-13(10)14(19)8-11-2-4-12(5-3-11)21-15(16,17)18/h2-7,9,14H,8,19H2,1H3. The van der Waals surface area contributed by atoms with Crippen LogP contribution in [0.2, 0.25) is 0 Å². The number of rotatable bonds is 4. The molecule has 112 valence electrons. The Hall–Kier alpha value is -2.08. The number of ether oxygens (including phenoxy) is 1. The minimum absolute atomic E-state index is 0.239. The number of aryl methyl sites for hydroxylation is 1. The lowest BCUT2D eigenvalue weighted by Gasteiger charge is -2.15. The number of hydrogen-bond acceptors (Lipinski definition) is 3. The van der Waals surface area contributed by atoms with Crippen LogP contribution in [0, 0.1) is 6.92 Å². The van der Waals surface area contributed by atoms with Crippen molar-refractivity contribution < 1.29 is 17.9 Å². The predicted octanol–water partition coefficient (Wildman–Crippen LogP) is 3.53. The molecule has 0 aliphatic rings. The number of hydrogen-bond donors (Lipinski definition) is 1. The highest BCUT2D eigenvalue weighted by molar-refractivity contribution is 5.31. The van der Waals surface area contributed by atoms with E-state index in [4.69, 9.17) is 5.73 Å². The SMILES string of the molecule is Cc1ccncc1C(N)Cc1ccc(OC(F)(F)F)cc1. The van der Waals surface area contributed by atoms with Crippen molar-refractivity contribution in [2.45, 2.75) is 25.7 Å². The van der Waals surface area contributed by atoms with Crippen molar-refractivity contribution in [2.75, 3.05) is 0 Å². The predicted molar refractivity (Wildman–Crippen MR) is 72.7 cm³/mol. The van der Waals surface area contributed by atoms with Gasteiger partial charge in [0.2, 0.25) is 0 Å². The minimum Gasteiger partial charge on any atom is -0.406 e. The highest BCUT2D eigenvalue weighted by Crippen LogP contribution is 2.24. The largest absolute Gasteiger partial charge is 0.573 e.